The van der Waals surface area contributed by atoms with Crippen molar-refractivity contribution in [1.29, 1.82) is 0 Å². The first-order valence-corrected chi connectivity index (χ1v) is 13.6. The summed E-state index contributed by atoms with van der Waals surface area (Å²) in [6, 6.07) is 4.64. The molecule has 1 saturated heterocycles. The Hall–Kier alpha value is -4.30. The molecule has 2 aliphatic heterocycles. The molecule has 14 heteroatoms. The number of anilines is 1. The number of carboxylic acids is 1. The van der Waals surface area contributed by atoms with Gasteiger partial charge in [-0.05, 0) is 24.1 Å². The smallest absolute Gasteiger partial charge is 0.333 e. The van der Waals surface area contributed by atoms with Crippen molar-refractivity contribution in [3.05, 3.63) is 35.9 Å². The van der Waals surface area contributed by atoms with Crippen LogP contribution in [0.3, 0.4) is 0 Å². The number of hydrogen-bond donors (Lipinski definition) is 4. The number of aliphatic carboxylic acids is 1. The van der Waals surface area contributed by atoms with E-state index in [1.165, 1.54) is 24.3 Å². The SMILES string of the molecule is CC(C)C(=O)OCc1ccc(OC2CC(O)CC(C(=O)O)O2)c(NC(=O)CCNC(=O)CCCN2C(=O)C=CC2=O)c1. The zero-order valence-corrected chi connectivity index (χ0v) is 23.4. The van der Waals surface area contributed by atoms with Gasteiger partial charge in [0.15, 0.2) is 6.10 Å². The van der Waals surface area contributed by atoms with Crippen LogP contribution in [-0.4, -0.2) is 82.3 Å². The maximum Gasteiger partial charge on any atom is 0.333 e. The van der Waals surface area contributed by atoms with Gasteiger partial charge in [0.2, 0.25) is 18.1 Å². The second-order valence-electron chi connectivity index (χ2n) is 10.1. The van der Waals surface area contributed by atoms with E-state index in [1.807, 2.05) is 0 Å². The number of hydrogen-bond acceptors (Lipinski definition) is 10. The Balaban J connectivity index is 1.57. The largest absolute Gasteiger partial charge is 0.479 e. The highest BCUT2D eigenvalue weighted by atomic mass is 16.7. The Morgan fingerprint density at radius 2 is 1.79 bits per heavy atom. The molecule has 14 nitrogen and oxygen atoms in total. The molecule has 3 atom stereocenters. The monoisotopic (exact) mass is 589 g/mol. The molecule has 3 unspecified atom stereocenters. The van der Waals surface area contributed by atoms with Crippen LogP contribution in [0.1, 0.15) is 51.5 Å². The Labute approximate surface area is 242 Å². The number of nitrogens with zero attached hydrogens (tertiary/aromatic N) is 1. The van der Waals surface area contributed by atoms with Crippen molar-refractivity contribution in [3.8, 4) is 5.75 Å². The molecular weight excluding hydrogens is 554 g/mol. The van der Waals surface area contributed by atoms with Crippen molar-refractivity contribution in [2.24, 2.45) is 5.92 Å². The number of carbonyl (C=O) groups is 6. The van der Waals surface area contributed by atoms with E-state index >= 15 is 0 Å². The quantitative estimate of drug-likeness (QED) is 0.177. The molecule has 0 radical (unpaired) electrons. The third-order valence-corrected chi connectivity index (χ3v) is 6.33. The van der Waals surface area contributed by atoms with E-state index in [9.17, 15) is 39.0 Å². The number of carboxylic acid groups (broad SMARTS) is 1. The number of benzene rings is 1. The molecule has 3 rings (SSSR count). The highest BCUT2D eigenvalue weighted by molar-refractivity contribution is 6.12. The number of rotatable bonds is 14. The number of aliphatic hydroxyl groups is 1. The van der Waals surface area contributed by atoms with Gasteiger partial charge in [0.05, 0.1) is 17.7 Å². The number of nitrogens with one attached hydrogen (secondary N) is 2. The van der Waals surface area contributed by atoms with Gasteiger partial charge >= 0.3 is 11.9 Å². The van der Waals surface area contributed by atoms with Gasteiger partial charge in [-0.3, -0.25) is 28.9 Å². The molecular formula is C28H35N3O11. The molecule has 4 amide bonds. The first-order valence-electron chi connectivity index (χ1n) is 13.6. The summed E-state index contributed by atoms with van der Waals surface area (Å²) in [6.45, 7) is 3.44. The molecule has 0 aliphatic carbocycles. The van der Waals surface area contributed by atoms with Crippen molar-refractivity contribution in [3.63, 3.8) is 0 Å². The number of ether oxygens (including phenoxy) is 3. The minimum Gasteiger partial charge on any atom is -0.479 e. The Kier molecular flexibility index (Phi) is 11.6. The summed E-state index contributed by atoms with van der Waals surface area (Å²) in [5.74, 6) is -3.52. The summed E-state index contributed by atoms with van der Waals surface area (Å²) in [5, 5.41) is 24.6. The van der Waals surface area contributed by atoms with Crippen LogP contribution in [0, 0.1) is 5.92 Å². The van der Waals surface area contributed by atoms with Crippen LogP contribution in [0.5, 0.6) is 5.75 Å². The van der Waals surface area contributed by atoms with Crippen LogP contribution in [0.2, 0.25) is 0 Å². The van der Waals surface area contributed by atoms with E-state index in [2.05, 4.69) is 10.6 Å². The molecule has 1 aromatic rings. The molecule has 2 heterocycles. The molecule has 1 aromatic carbocycles. The Morgan fingerprint density at radius 1 is 1.07 bits per heavy atom. The predicted molar refractivity (Wildman–Crippen MR) is 145 cm³/mol. The third-order valence-electron chi connectivity index (χ3n) is 6.33. The minimum atomic E-state index is -1.26. The van der Waals surface area contributed by atoms with Gasteiger partial charge < -0.3 is 35.1 Å². The summed E-state index contributed by atoms with van der Waals surface area (Å²) in [6.07, 6.45) is -0.846. The van der Waals surface area contributed by atoms with Crippen LogP contribution in [0.15, 0.2) is 30.4 Å². The van der Waals surface area contributed by atoms with Gasteiger partial charge in [-0.2, -0.15) is 0 Å². The zero-order valence-electron chi connectivity index (χ0n) is 23.4. The average molecular weight is 590 g/mol. The topological polar surface area (TPSA) is 198 Å². The Morgan fingerprint density at radius 3 is 2.45 bits per heavy atom. The lowest BCUT2D eigenvalue weighted by atomic mass is 10.1. The average Bonchev–Trinajstić information content (AvgIpc) is 3.24. The number of aliphatic hydroxyl groups excluding tert-OH is 1. The molecule has 0 spiro atoms. The molecule has 0 aromatic heterocycles. The summed E-state index contributed by atoms with van der Waals surface area (Å²) in [4.78, 5) is 72.3. The fraction of sp³-hybridized carbons (Fsp3) is 0.500. The maximum atomic E-state index is 12.7. The molecule has 1 fully saturated rings. The van der Waals surface area contributed by atoms with Crippen LogP contribution >= 0.6 is 0 Å². The fourth-order valence-electron chi connectivity index (χ4n) is 4.09. The van der Waals surface area contributed by atoms with Gasteiger partial charge in [-0.15, -0.1) is 0 Å². The Bertz CT molecular complexity index is 1210. The van der Waals surface area contributed by atoms with Crippen LogP contribution < -0.4 is 15.4 Å². The number of esters is 1. The molecule has 4 N–H and O–H groups in total. The van der Waals surface area contributed by atoms with Gasteiger partial charge in [-0.1, -0.05) is 19.9 Å². The lowest BCUT2D eigenvalue weighted by molar-refractivity contribution is -0.195. The maximum absolute atomic E-state index is 12.7. The molecule has 0 bridgehead atoms. The van der Waals surface area contributed by atoms with E-state index in [-0.39, 0.29) is 75.1 Å². The first kappa shape index (κ1) is 32.2. The molecule has 228 valence electrons. The van der Waals surface area contributed by atoms with Crippen molar-refractivity contribution in [1.82, 2.24) is 10.2 Å². The van der Waals surface area contributed by atoms with E-state index in [1.54, 1.807) is 19.9 Å². The van der Waals surface area contributed by atoms with E-state index in [0.717, 1.165) is 4.90 Å². The predicted octanol–water partition coefficient (Wildman–Crippen LogP) is 0.865. The van der Waals surface area contributed by atoms with Gasteiger partial charge in [-0.25, -0.2) is 4.79 Å². The molecule has 0 saturated carbocycles. The number of amides is 4. The van der Waals surface area contributed by atoms with Crippen LogP contribution in [0.25, 0.3) is 0 Å². The second-order valence-corrected chi connectivity index (χ2v) is 10.1. The van der Waals surface area contributed by atoms with Crippen molar-refractivity contribution < 1.29 is 53.2 Å². The summed E-state index contributed by atoms with van der Waals surface area (Å²) in [7, 11) is 0. The number of imide groups is 1. The highest BCUT2D eigenvalue weighted by Gasteiger charge is 2.34. The lowest BCUT2D eigenvalue weighted by Crippen LogP contribution is -2.42. The fourth-order valence-corrected chi connectivity index (χ4v) is 4.09. The van der Waals surface area contributed by atoms with E-state index < -0.39 is 48.2 Å². The van der Waals surface area contributed by atoms with E-state index in [0.29, 0.717) is 5.56 Å². The van der Waals surface area contributed by atoms with Gasteiger partial charge in [0.25, 0.3) is 11.8 Å². The normalized spacial score (nSPS) is 20.0. The molecule has 2 aliphatic rings. The van der Waals surface area contributed by atoms with Crippen molar-refractivity contribution >= 4 is 41.3 Å². The van der Waals surface area contributed by atoms with Gasteiger partial charge in [0.1, 0.15) is 12.4 Å². The molecule has 42 heavy (non-hydrogen) atoms. The third kappa shape index (κ3) is 9.66. The highest BCUT2D eigenvalue weighted by Crippen LogP contribution is 2.31. The minimum absolute atomic E-state index is 0.00748. The second kappa shape index (κ2) is 15.1. The summed E-state index contributed by atoms with van der Waals surface area (Å²) >= 11 is 0. The zero-order chi connectivity index (χ0) is 30.8. The summed E-state index contributed by atoms with van der Waals surface area (Å²) < 4.78 is 16.5. The number of carbonyl (C=O) groups excluding carboxylic acids is 5. The van der Waals surface area contributed by atoms with Crippen LogP contribution in [-0.2, 0) is 44.8 Å². The van der Waals surface area contributed by atoms with Crippen molar-refractivity contribution in [2.45, 2.75) is 71.1 Å². The standard InChI is InChI=1S/C28H35N3O11/c1-16(2)28(39)40-15-17-5-6-20(41-26-14-18(32)13-21(42-26)27(37)38)19(12-17)30-23(34)9-10-29-22(33)4-3-11-31-24(35)7-8-25(31)36/h5-8,12,16,18,21,26,32H,3-4,9-11,13-15H2,1-2H3,(H,29,33)(H,30,34)(H,37,38). The summed E-state index contributed by atoms with van der Waals surface area (Å²) in [5.41, 5.74) is 0.728. The lowest BCUT2D eigenvalue weighted by Gasteiger charge is -2.31. The van der Waals surface area contributed by atoms with Gasteiger partial charge in [0, 0.05) is 50.9 Å². The van der Waals surface area contributed by atoms with Crippen molar-refractivity contribution in [2.75, 3.05) is 18.4 Å². The van der Waals surface area contributed by atoms with Crippen LogP contribution in [0.4, 0.5) is 5.69 Å². The first-order chi connectivity index (χ1) is 19.9. The van der Waals surface area contributed by atoms with E-state index in [4.69, 9.17) is 14.2 Å².